The van der Waals surface area contributed by atoms with Gasteiger partial charge in [0.25, 0.3) is 0 Å². The van der Waals surface area contributed by atoms with Crippen molar-refractivity contribution in [1.82, 2.24) is 4.90 Å². The second-order valence-electron chi connectivity index (χ2n) is 4.75. The van der Waals surface area contributed by atoms with Crippen LogP contribution < -0.4 is 5.32 Å². The van der Waals surface area contributed by atoms with Crippen LogP contribution in [0.25, 0.3) is 0 Å². The van der Waals surface area contributed by atoms with E-state index in [-0.39, 0.29) is 5.91 Å². The molecule has 0 saturated heterocycles. The van der Waals surface area contributed by atoms with Gasteiger partial charge in [0.05, 0.1) is 11.6 Å². The SMILES string of the molecule is CCCN(CCC)C(=O)CCNc1ccc(C#N)cc1. The normalized spacial score (nSPS) is 9.85. The van der Waals surface area contributed by atoms with Crippen molar-refractivity contribution >= 4 is 11.6 Å². The molecule has 1 amide bonds. The molecule has 20 heavy (non-hydrogen) atoms. The van der Waals surface area contributed by atoms with Crippen LogP contribution in [0.4, 0.5) is 5.69 Å². The van der Waals surface area contributed by atoms with E-state index in [1.54, 1.807) is 12.1 Å². The Bertz CT molecular complexity index is 442. The van der Waals surface area contributed by atoms with Crippen LogP contribution in [0, 0.1) is 11.3 Å². The molecular formula is C16H23N3O. The Morgan fingerprint density at radius 1 is 1.20 bits per heavy atom. The first-order valence-corrected chi connectivity index (χ1v) is 7.23. The average molecular weight is 273 g/mol. The number of carbonyl (C=O) groups excluding carboxylic acids is 1. The number of hydrogen-bond donors (Lipinski definition) is 1. The number of anilines is 1. The predicted molar refractivity (Wildman–Crippen MR) is 81.4 cm³/mol. The van der Waals surface area contributed by atoms with Crippen LogP contribution in [0.2, 0.25) is 0 Å². The molecule has 4 heteroatoms. The smallest absolute Gasteiger partial charge is 0.224 e. The highest BCUT2D eigenvalue weighted by molar-refractivity contribution is 5.76. The van der Waals surface area contributed by atoms with Gasteiger partial charge in [-0.25, -0.2) is 0 Å². The van der Waals surface area contributed by atoms with Crippen molar-refractivity contribution in [2.75, 3.05) is 25.0 Å². The fourth-order valence-corrected chi connectivity index (χ4v) is 2.04. The van der Waals surface area contributed by atoms with Gasteiger partial charge < -0.3 is 10.2 Å². The van der Waals surface area contributed by atoms with E-state index < -0.39 is 0 Å². The molecule has 0 aliphatic carbocycles. The fourth-order valence-electron chi connectivity index (χ4n) is 2.04. The van der Waals surface area contributed by atoms with Gasteiger partial charge >= 0.3 is 0 Å². The van der Waals surface area contributed by atoms with E-state index in [0.29, 0.717) is 18.5 Å². The maximum Gasteiger partial charge on any atom is 0.224 e. The van der Waals surface area contributed by atoms with Gasteiger partial charge in [0, 0.05) is 31.7 Å². The van der Waals surface area contributed by atoms with Gasteiger partial charge in [-0.15, -0.1) is 0 Å². The van der Waals surface area contributed by atoms with Crippen LogP contribution in [0.15, 0.2) is 24.3 Å². The molecule has 0 aromatic heterocycles. The highest BCUT2D eigenvalue weighted by Crippen LogP contribution is 2.09. The minimum Gasteiger partial charge on any atom is -0.385 e. The van der Waals surface area contributed by atoms with Gasteiger partial charge in [0.2, 0.25) is 5.91 Å². The summed E-state index contributed by atoms with van der Waals surface area (Å²) in [6.45, 7) is 6.47. The van der Waals surface area contributed by atoms with E-state index in [1.807, 2.05) is 17.0 Å². The lowest BCUT2D eigenvalue weighted by atomic mass is 10.2. The van der Waals surface area contributed by atoms with Crippen molar-refractivity contribution in [1.29, 1.82) is 5.26 Å². The molecule has 1 N–H and O–H groups in total. The standard InChI is InChI=1S/C16H23N3O/c1-3-11-19(12-4-2)16(20)9-10-18-15-7-5-14(13-17)6-8-15/h5-8,18H,3-4,9-12H2,1-2H3. The van der Waals surface area contributed by atoms with Crippen molar-refractivity contribution in [2.24, 2.45) is 0 Å². The van der Waals surface area contributed by atoms with Gasteiger partial charge in [-0.1, -0.05) is 13.8 Å². The lowest BCUT2D eigenvalue weighted by Gasteiger charge is -2.21. The molecule has 0 aliphatic heterocycles. The van der Waals surface area contributed by atoms with Crippen LogP contribution in [-0.2, 0) is 4.79 Å². The number of amides is 1. The third-order valence-corrected chi connectivity index (χ3v) is 3.02. The highest BCUT2D eigenvalue weighted by Gasteiger charge is 2.10. The number of carbonyl (C=O) groups is 1. The van der Waals surface area contributed by atoms with E-state index in [4.69, 9.17) is 5.26 Å². The minimum atomic E-state index is 0.204. The third kappa shape index (κ3) is 5.31. The second-order valence-corrected chi connectivity index (χ2v) is 4.75. The number of hydrogen-bond acceptors (Lipinski definition) is 3. The Labute approximate surface area is 121 Å². The molecular weight excluding hydrogens is 250 g/mol. The van der Waals surface area contributed by atoms with Crippen LogP contribution in [0.3, 0.4) is 0 Å². The van der Waals surface area contributed by atoms with Gasteiger partial charge in [-0.3, -0.25) is 4.79 Å². The van der Waals surface area contributed by atoms with Crippen molar-refractivity contribution in [3.05, 3.63) is 29.8 Å². The first-order chi connectivity index (χ1) is 9.71. The average Bonchev–Trinajstić information content (AvgIpc) is 2.47. The first kappa shape index (κ1) is 16.0. The Balaban J connectivity index is 2.38. The monoisotopic (exact) mass is 273 g/mol. The van der Waals surface area contributed by atoms with E-state index in [2.05, 4.69) is 25.2 Å². The molecule has 0 fully saturated rings. The summed E-state index contributed by atoms with van der Waals surface area (Å²) in [5, 5.41) is 11.9. The number of nitrogens with one attached hydrogen (secondary N) is 1. The van der Waals surface area contributed by atoms with Gasteiger partial charge in [0.15, 0.2) is 0 Å². The molecule has 0 unspecified atom stereocenters. The number of benzene rings is 1. The molecule has 0 spiro atoms. The Morgan fingerprint density at radius 2 is 1.80 bits per heavy atom. The van der Waals surface area contributed by atoms with E-state index in [1.165, 1.54) is 0 Å². The zero-order valence-electron chi connectivity index (χ0n) is 12.4. The molecule has 0 aliphatic rings. The van der Waals surface area contributed by atoms with Crippen molar-refractivity contribution < 1.29 is 4.79 Å². The van der Waals surface area contributed by atoms with Crippen LogP contribution in [-0.4, -0.2) is 30.4 Å². The van der Waals surface area contributed by atoms with E-state index in [0.717, 1.165) is 31.6 Å². The number of rotatable bonds is 8. The van der Waals surface area contributed by atoms with Crippen molar-refractivity contribution in [2.45, 2.75) is 33.1 Å². The first-order valence-electron chi connectivity index (χ1n) is 7.23. The second kappa shape index (κ2) is 8.98. The molecule has 0 bridgehead atoms. The third-order valence-electron chi connectivity index (χ3n) is 3.02. The summed E-state index contributed by atoms with van der Waals surface area (Å²) < 4.78 is 0. The molecule has 1 aromatic carbocycles. The molecule has 0 radical (unpaired) electrons. The van der Waals surface area contributed by atoms with Crippen LogP contribution in [0.1, 0.15) is 38.7 Å². The predicted octanol–water partition coefficient (Wildman–Crippen LogP) is 3.01. The lowest BCUT2D eigenvalue weighted by Crippen LogP contribution is -2.33. The zero-order chi connectivity index (χ0) is 14.8. The van der Waals surface area contributed by atoms with Gasteiger partial charge in [-0.05, 0) is 37.1 Å². The van der Waals surface area contributed by atoms with E-state index in [9.17, 15) is 4.79 Å². The van der Waals surface area contributed by atoms with Gasteiger partial charge in [-0.2, -0.15) is 5.26 Å². The molecule has 0 saturated carbocycles. The van der Waals surface area contributed by atoms with E-state index >= 15 is 0 Å². The largest absolute Gasteiger partial charge is 0.385 e. The summed E-state index contributed by atoms with van der Waals surface area (Å²) in [5.74, 6) is 0.204. The quantitative estimate of drug-likeness (QED) is 0.792. The number of nitrogens with zero attached hydrogens (tertiary/aromatic N) is 2. The molecule has 1 rings (SSSR count). The fraction of sp³-hybridized carbons (Fsp3) is 0.500. The topological polar surface area (TPSA) is 56.1 Å². The lowest BCUT2D eigenvalue weighted by molar-refractivity contribution is -0.131. The summed E-state index contributed by atoms with van der Waals surface area (Å²) in [5.41, 5.74) is 1.58. The Kier molecular flexibility index (Phi) is 7.20. The van der Waals surface area contributed by atoms with Crippen molar-refractivity contribution in [3.8, 4) is 6.07 Å². The molecule has 1 aromatic rings. The highest BCUT2D eigenvalue weighted by atomic mass is 16.2. The summed E-state index contributed by atoms with van der Waals surface area (Å²) in [7, 11) is 0. The zero-order valence-corrected chi connectivity index (χ0v) is 12.4. The van der Waals surface area contributed by atoms with Crippen LogP contribution >= 0.6 is 0 Å². The summed E-state index contributed by atoms with van der Waals surface area (Å²) in [6, 6.07) is 9.34. The molecule has 4 nitrogen and oxygen atoms in total. The Hall–Kier alpha value is -2.02. The Morgan fingerprint density at radius 3 is 2.30 bits per heavy atom. The maximum atomic E-state index is 12.1. The maximum absolute atomic E-state index is 12.1. The number of nitriles is 1. The molecule has 0 heterocycles. The van der Waals surface area contributed by atoms with Crippen molar-refractivity contribution in [3.63, 3.8) is 0 Å². The molecule has 0 atom stereocenters. The summed E-state index contributed by atoms with van der Waals surface area (Å²) in [4.78, 5) is 14.0. The minimum absolute atomic E-state index is 0.204. The van der Waals surface area contributed by atoms with Crippen LogP contribution in [0.5, 0.6) is 0 Å². The molecule has 108 valence electrons. The summed E-state index contributed by atoms with van der Waals surface area (Å²) >= 11 is 0. The summed E-state index contributed by atoms with van der Waals surface area (Å²) in [6.07, 6.45) is 2.49. The van der Waals surface area contributed by atoms with Gasteiger partial charge in [0.1, 0.15) is 0 Å².